The molecule has 0 saturated heterocycles. The minimum atomic E-state index is -0.503. The number of hydrogen-bond donors (Lipinski definition) is 0. The summed E-state index contributed by atoms with van der Waals surface area (Å²) in [7, 11) is 3.30. The van der Waals surface area contributed by atoms with E-state index < -0.39 is 5.97 Å². The lowest BCUT2D eigenvalue weighted by Crippen LogP contribution is -2.21. The van der Waals surface area contributed by atoms with Gasteiger partial charge in [0.15, 0.2) is 0 Å². The molecule has 0 fully saturated rings. The number of carbonyl (C=O) groups excluding carboxylic acids is 2. The number of nitrogens with zero attached hydrogens (tertiary/aromatic N) is 1. The number of benzene rings is 2. The molecule has 4 rings (SSSR count). The van der Waals surface area contributed by atoms with Crippen molar-refractivity contribution in [2.75, 3.05) is 19.1 Å². The van der Waals surface area contributed by atoms with Gasteiger partial charge in [-0.3, -0.25) is 4.79 Å². The zero-order valence-corrected chi connectivity index (χ0v) is 16.0. The molecule has 0 N–H and O–H groups in total. The number of esters is 1. The molecular weight excluding hydrogens is 342 g/mol. The quantitative estimate of drug-likeness (QED) is 0.439. The van der Waals surface area contributed by atoms with Crippen molar-refractivity contribution >= 4 is 28.7 Å². The van der Waals surface area contributed by atoms with Crippen LogP contribution in [0.5, 0.6) is 11.5 Å². The standard InChI is InChI=1S/C22H21NO4/c1-22(2,3)15-11-12(26-5)10-14-18(21(25)27-19(14)15)17-13-8-6-7-9-16(13)23(4)20(17)24/h6-11H,1-5H3/b18-17+. The Balaban J connectivity index is 2.06. The molecular formula is C22H21NO4. The fraction of sp³-hybridized carbons (Fsp3) is 0.273. The van der Waals surface area contributed by atoms with Crippen LogP contribution < -0.4 is 14.4 Å². The maximum atomic E-state index is 13.0. The van der Waals surface area contributed by atoms with Crippen LogP contribution in [0.3, 0.4) is 0 Å². The predicted molar refractivity (Wildman–Crippen MR) is 104 cm³/mol. The first-order chi connectivity index (χ1) is 12.7. The first-order valence-corrected chi connectivity index (χ1v) is 8.81. The third-order valence-electron chi connectivity index (χ3n) is 5.08. The number of likely N-dealkylation sites (N-methyl/N-ethyl adjacent to an activating group) is 1. The van der Waals surface area contributed by atoms with Crippen LogP contribution in [0.4, 0.5) is 5.69 Å². The summed E-state index contributed by atoms with van der Waals surface area (Å²) in [6.07, 6.45) is 0. The Hall–Kier alpha value is -3.08. The molecule has 27 heavy (non-hydrogen) atoms. The molecule has 0 spiro atoms. The zero-order valence-electron chi connectivity index (χ0n) is 16.0. The smallest absolute Gasteiger partial charge is 0.345 e. The lowest BCUT2D eigenvalue weighted by Gasteiger charge is -2.22. The Morgan fingerprint density at radius 1 is 1.00 bits per heavy atom. The minimum Gasteiger partial charge on any atom is -0.497 e. The highest BCUT2D eigenvalue weighted by molar-refractivity contribution is 6.46. The van der Waals surface area contributed by atoms with Gasteiger partial charge in [0.25, 0.3) is 5.91 Å². The molecule has 2 aliphatic rings. The molecule has 138 valence electrons. The van der Waals surface area contributed by atoms with Gasteiger partial charge in [0, 0.05) is 23.7 Å². The number of amides is 1. The van der Waals surface area contributed by atoms with Crippen LogP contribution in [0.25, 0.3) is 11.1 Å². The Bertz CT molecular complexity index is 1030. The van der Waals surface area contributed by atoms with E-state index in [2.05, 4.69) is 0 Å². The average molecular weight is 363 g/mol. The molecule has 0 atom stereocenters. The summed E-state index contributed by atoms with van der Waals surface area (Å²) in [5, 5.41) is 0. The lowest BCUT2D eigenvalue weighted by atomic mass is 9.84. The summed E-state index contributed by atoms with van der Waals surface area (Å²) in [5.74, 6) is 0.422. The Kier molecular flexibility index (Phi) is 3.67. The largest absolute Gasteiger partial charge is 0.497 e. The predicted octanol–water partition coefficient (Wildman–Crippen LogP) is 3.80. The molecule has 0 aromatic heterocycles. The molecule has 1 amide bonds. The summed E-state index contributed by atoms with van der Waals surface area (Å²) >= 11 is 0. The molecule has 0 saturated carbocycles. The average Bonchev–Trinajstić information content (AvgIpc) is 3.07. The van der Waals surface area contributed by atoms with E-state index in [1.807, 2.05) is 51.1 Å². The first kappa shape index (κ1) is 17.3. The fourth-order valence-electron chi connectivity index (χ4n) is 3.67. The van der Waals surface area contributed by atoms with Crippen LogP contribution in [0.15, 0.2) is 36.4 Å². The number of rotatable bonds is 1. The van der Waals surface area contributed by atoms with E-state index in [0.717, 1.165) is 16.8 Å². The third-order valence-corrected chi connectivity index (χ3v) is 5.08. The summed E-state index contributed by atoms with van der Waals surface area (Å²) in [5.41, 5.74) is 3.43. The van der Waals surface area contributed by atoms with Gasteiger partial charge in [-0.2, -0.15) is 0 Å². The van der Waals surface area contributed by atoms with Gasteiger partial charge < -0.3 is 14.4 Å². The molecule has 0 radical (unpaired) electrons. The minimum absolute atomic E-state index is 0.212. The summed E-state index contributed by atoms with van der Waals surface area (Å²) in [6, 6.07) is 11.1. The van der Waals surface area contributed by atoms with Crippen LogP contribution in [-0.4, -0.2) is 26.0 Å². The van der Waals surface area contributed by atoms with Crippen molar-refractivity contribution in [3.05, 3.63) is 53.1 Å². The topological polar surface area (TPSA) is 55.8 Å². The van der Waals surface area contributed by atoms with Gasteiger partial charge in [0.2, 0.25) is 0 Å². The van der Waals surface area contributed by atoms with E-state index in [-0.39, 0.29) is 11.3 Å². The van der Waals surface area contributed by atoms with E-state index in [9.17, 15) is 9.59 Å². The monoisotopic (exact) mass is 363 g/mol. The number of fused-ring (bicyclic) bond motifs is 2. The molecule has 0 aliphatic carbocycles. The van der Waals surface area contributed by atoms with Gasteiger partial charge in [-0.05, 0) is 23.6 Å². The summed E-state index contributed by atoms with van der Waals surface area (Å²) in [4.78, 5) is 27.4. The zero-order chi connectivity index (χ0) is 19.5. The highest BCUT2D eigenvalue weighted by Gasteiger charge is 2.41. The van der Waals surface area contributed by atoms with E-state index >= 15 is 0 Å². The SMILES string of the molecule is COc1cc2c(c(C(C)(C)C)c1)OC(=O)/C2=C1/C(=O)N(C)c2ccccc21. The lowest BCUT2D eigenvalue weighted by molar-refractivity contribution is -0.127. The van der Waals surface area contributed by atoms with Crippen molar-refractivity contribution in [3.8, 4) is 11.5 Å². The van der Waals surface area contributed by atoms with E-state index in [0.29, 0.717) is 28.2 Å². The Morgan fingerprint density at radius 3 is 2.37 bits per heavy atom. The van der Waals surface area contributed by atoms with Gasteiger partial charge in [-0.15, -0.1) is 0 Å². The van der Waals surface area contributed by atoms with Crippen LogP contribution in [0, 0.1) is 0 Å². The first-order valence-electron chi connectivity index (χ1n) is 8.81. The van der Waals surface area contributed by atoms with E-state index in [1.165, 1.54) is 0 Å². The van der Waals surface area contributed by atoms with Gasteiger partial charge in [-0.25, -0.2) is 4.79 Å². The molecule has 2 aromatic rings. The van der Waals surface area contributed by atoms with Crippen LogP contribution in [0.1, 0.15) is 37.5 Å². The second-order valence-corrected chi connectivity index (χ2v) is 7.82. The summed E-state index contributed by atoms with van der Waals surface area (Å²) in [6.45, 7) is 6.14. The van der Waals surface area contributed by atoms with E-state index in [4.69, 9.17) is 9.47 Å². The number of hydrogen-bond acceptors (Lipinski definition) is 4. The second-order valence-electron chi connectivity index (χ2n) is 7.82. The molecule has 0 bridgehead atoms. The van der Waals surface area contributed by atoms with Gasteiger partial charge in [-0.1, -0.05) is 39.0 Å². The number of methoxy groups -OCH3 is 1. The van der Waals surface area contributed by atoms with Crippen LogP contribution >= 0.6 is 0 Å². The number of carbonyl (C=O) groups is 2. The molecule has 5 nitrogen and oxygen atoms in total. The Morgan fingerprint density at radius 2 is 1.70 bits per heavy atom. The molecule has 0 unspecified atom stereocenters. The summed E-state index contributed by atoms with van der Waals surface area (Å²) < 4.78 is 11.1. The Labute approximate surface area is 158 Å². The van der Waals surface area contributed by atoms with Crippen molar-refractivity contribution in [3.63, 3.8) is 0 Å². The van der Waals surface area contributed by atoms with Gasteiger partial charge in [0.05, 0.1) is 23.9 Å². The van der Waals surface area contributed by atoms with Crippen molar-refractivity contribution < 1.29 is 19.1 Å². The number of anilines is 1. The molecule has 2 aliphatic heterocycles. The molecule has 2 heterocycles. The second kappa shape index (κ2) is 5.71. The van der Waals surface area contributed by atoms with Crippen molar-refractivity contribution in [1.29, 1.82) is 0 Å². The van der Waals surface area contributed by atoms with Crippen LogP contribution in [-0.2, 0) is 15.0 Å². The molecule has 2 aromatic carbocycles. The molecule has 5 heteroatoms. The maximum absolute atomic E-state index is 13.0. The van der Waals surface area contributed by atoms with Crippen molar-refractivity contribution in [1.82, 2.24) is 0 Å². The van der Waals surface area contributed by atoms with Gasteiger partial charge in [0.1, 0.15) is 11.5 Å². The van der Waals surface area contributed by atoms with Crippen molar-refractivity contribution in [2.45, 2.75) is 26.2 Å². The highest BCUT2D eigenvalue weighted by Crippen LogP contribution is 2.49. The number of para-hydroxylation sites is 1. The fourth-order valence-corrected chi connectivity index (χ4v) is 3.67. The van der Waals surface area contributed by atoms with E-state index in [1.54, 1.807) is 25.1 Å². The number of ether oxygens (including phenoxy) is 2. The normalized spacial score (nSPS) is 18.5. The van der Waals surface area contributed by atoms with Gasteiger partial charge >= 0.3 is 5.97 Å². The highest BCUT2D eigenvalue weighted by atomic mass is 16.5. The maximum Gasteiger partial charge on any atom is 0.345 e. The van der Waals surface area contributed by atoms with Crippen molar-refractivity contribution in [2.24, 2.45) is 0 Å². The third kappa shape index (κ3) is 2.46. The van der Waals surface area contributed by atoms with Crippen LogP contribution in [0.2, 0.25) is 0 Å².